The Bertz CT molecular complexity index is 281. The van der Waals surface area contributed by atoms with Gasteiger partial charge in [-0.3, -0.25) is 0 Å². The molecule has 0 amide bonds. The Morgan fingerprint density at radius 1 is 1.31 bits per heavy atom. The highest BCUT2D eigenvalue weighted by molar-refractivity contribution is 5.50. The molecule has 0 aliphatic heterocycles. The van der Waals surface area contributed by atoms with Crippen molar-refractivity contribution in [1.29, 1.82) is 0 Å². The van der Waals surface area contributed by atoms with E-state index in [-0.39, 0.29) is 11.9 Å². The Hall–Kier alpha value is -1.38. The van der Waals surface area contributed by atoms with Crippen LogP contribution in [0.1, 0.15) is 13.8 Å². The van der Waals surface area contributed by atoms with Gasteiger partial charge in [-0.15, -0.1) is 0 Å². The maximum atomic E-state index is 9.47. The maximum Gasteiger partial charge on any atom is 0.203 e. The summed E-state index contributed by atoms with van der Waals surface area (Å²) >= 11 is 0. The normalized spacial score (nSPS) is 10.2. The lowest BCUT2D eigenvalue weighted by molar-refractivity contribution is 0.220. The van der Waals surface area contributed by atoms with Crippen LogP contribution in [-0.2, 0) is 0 Å². The van der Waals surface area contributed by atoms with Crippen molar-refractivity contribution in [1.82, 2.24) is 0 Å². The van der Waals surface area contributed by atoms with Crippen molar-refractivity contribution in [2.75, 3.05) is 7.11 Å². The van der Waals surface area contributed by atoms with Crippen LogP contribution in [0.15, 0.2) is 18.2 Å². The van der Waals surface area contributed by atoms with Gasteiger partial charge in [-0.25, -0.2) is 0 Å². The molecule has 0 aliphatic rings. The second-order valence-corrected chi connectivity index (χ2v) is 2.98. The summed E-state index contributed by atoms with van der Waals surface area (Å²) in [5.74, 6) is 1.06. The van der Waals surface area contributed by atoms with Crippen LogP contribution in [0.25, 0.3) is 0 Å². The number of methoxy groups -OCH3 is 1. The summed E-state index contributed by atoms with van der Waals surface area (Å²) in [6.07, 6.45) is 0.0159. The van der Waals surface area contributed by atoms with E-state index in [9.17, 15) is 5.11 Å². The van der Waals surface area contributed by atoms with E-state index >= 15 is 0 Å². The van der Waals surface area contributed by atoms with Crippen LogP contribution in [0, 0.1) is 0 Å². The van der Waals surface area contributed by atoms with E-state index in [0.717, 1.165) is 0 Å². The second-order valence-electron chi connectivity index (χ2n) is 2.98. The molecule has 3 heteroatoms. The van der Waals surface area contributed by atoms with Crippen LogP contribution in [0.5, 0.6) is 17.2 Å². The number of phenols is 1. The van der Waals surface area contributed by atoms with Gasteiger partial charge in [0.1, 0.15) is 0 Å². The van der Waals surface area contributed by atoms with E-state index in [2.05, 4.69) is 0 Å². The quantitative estimate of drug-likeness (QED) is 0.778. The molecule has 1 rings (SSSR count). The molecule has 3 nitrogen and oxygen atoms in total. The molecule has 0 saturated carbocycles. The Balaban J connectivity index is 3.00. The summed E-state index contributed by atoms with van der Waals surface area (Å²) < 4.78 is 10.4. The summed E-state index contributed by atoms with van der Waals surface area (Å²) in [7, 11) is 1.54. The highest BCUT2D eigenvalue weighted by Gasteiger charge is 2.10. The van der Waals surface area contributed by atoms with E-state index in [4.69, 9.17) is 9.47 Å². The fraction of sp³-hybridized carbons (Fsp3) is 0.400. The van der Waals surface area contributed by atoms with E-state index in [1.165, 1.54) is 0 Å². The molecule has 1 aromatic rings. The lowest BCUT2D eigenvalue weighted by Gasteiger charge is -2.14. The van der Waals surface area contributed by atoms with Crippen molar-refractivity contribution in [2.24, 2.45) is 0 Å². The van der Waals surface area contributed by atoms with E-state index in [0.29, 0.717) is 11.5 Å². The third-order valence-corrected chi connectivity index (χ3v) is 1.53. The van der Waals surface area contributed by atoms with Gasteiger partial charge in [0.15, 0.2) is 11.5 Å². The van der Waals surface area contributed by atoms with Gasteiger partial charge in [-0.1, -0.05) is 6.07 Å². The Kier molecular flexibility index (Phi) is 3.01. The molecule has 0 aromatic heterocycles. The van der Waals surface area contributed by atoms with Crippen LogP contribution in [0.3, 0.4) is 0 Å². The zero-order chi connectivity index (χ0) is 9.84. The molecule has 72 valence electrons. The molecular formula is C10H14O3. The highest BCUT2D eigenvalue weighted by Crippen LogP contribution is 2.36. The van der Waals surface area contributed by atoms with Gasteiger partial charge >= 0.3 is 0 Å². The maximum absolute atomic E-state index is 9.47. The zero-order valence-electron chi connectivity index (χ0n) is 8.07. The molecular weight excluding hydrogens is 168 g/mol. The largest absolute Gasteiger partial charge is 0.504 e. The minimum Gasteiger partial charge on any atom is -0.504 e. The number of hydrogen-bond donors (Lipinski definition) is 1. The van der Waals surface area contributed by atoms with E-state index in [1.54, 1.807) is 25.3 Å². The third kappa shape index (κ3) is 2.28. The van der Waals surface area contributed by atoms with Gasteiger partial charge < -0.3 is 14.6 Å². The molecule has 0 aliphatic carbocycles. The molecule has 0 saturated heterocycles. The molecule has 1 N–H and O–H groups in total. The Labute approximate surface area is 77.9 Å². The monoisotopic (exact) mass is 182 g/mol. The van der Waals surface area contributed by atoms with Crippen LogP contribution in [0.2, 0.25) is 0 Å². The topological polar surface area (TPSA) is 38.7 Å². The molecule has 0 unspecified atom stereocenters. The number of phenolic OH excluding ortho intramolecular Hbond substituents is 1. The standard InChI is InChI=1S/C10H14O3/c1-7(2)13-10-8(11)5-4-6-9(10)12-3/h4-7,11H,1-3H3. The molecule has 0 atom stereocenters. The van der Waals surface area contributed by atoms with Crippen molar-refractivity contribution >= 4 is 0 Å². The molecule has 13 heavy (non-hydrogen) atoms. The smallest absolute Gasteiger partial charge is 0.203 e. The summed E-state index contributed by atoms with van der Waals surface area (Å²) in [6, 6.07) is 5.03. The fourth-order valence-corrected chi connectivity index (χ4v) is 1.02. The first kappa shape index (κ1) is 9.71. The number of rotatable bonds is 3. The van der Waals surface area contributed by atoms with Gasteiger partial charge in [-0.2, -0.15) is 0 Å². The van der Waals surface area contributed by atoms with E-state index < -0.39 is 0 Å². The average molecular weight is 182 g/mol. The molecule has 0 heterocycles. The van der Waals surface area contributed by atoms with Crippen LogP contribution < -0.4 is 9.47 Å². The van der Waals surface area contributed by atoms with Gasteiger partial charge in [-0.05, 0) is 26.0 Å². The first-order valence-corrected chi connectivity index (χ1v) is 4.17. The van der Waals surface area contributed by atoms with Crippen LogP contribution in [-0.4, -0.2) is 18.3 Å². The van der Waals surface area contributed by atoms with Crippen LogP contribution in [0.4, 0.5) is 0 Å². The third-order valence-electron chi connectivity index (χ3n) is 1.53. The Morgan fingerprint density at radius 2 is 2.00 bits per heavy atom. The summed E-state index contributed by atoms with van der Waals surface area (Å²) in [5, 5.41) is 9.47. The predicted octanol–water partition coefficient (Wildman–Crippen LogP) is 2.19. The van der Waals surface area contributed by atoms with Crippen molar-refractivity contribution in [2.45, 2.75) is 20.0 Å². The van der Waals surface area contributed by atoms with Crippen molar-refractivity contribution in [3.8, 4) is 17.2 Å². The molecule has 0 radical (unpaired) electrons. The molecule has 0 fully saturated rings. The number of aromatic hydroxyl groups is 1. The fourth-order valence-electron chi connectivity index (χ4n) is 1.02. The number of ether oxygens (including phenoxy) is 2. The van der Waals surface area contributed by atoms with Crippen LogP contribution >= 0.6 is 0 Å². The lowest BCUT2D eigenvalue weighted by atomic mass is 10.3. The number of para-hydroxylation sites is 1. The average Bonchev–Trinajstić information content (AvgIpc) is 2.08. The van der Waals surface area contributed by atoms with Gasteiger partial charge in [0.2, 0.25) is 5.75 Å². The molecule has 1 aromatic carbocycles. The summed E-state index contributed by atoms with van der Waals surface area (Å²) in [6.45, 7) is 3.79. The first-order chi connectivity index (χ1) is 6.15. The van der Waals surface area contributed by atoms with Crippen molar-refractivity contribution < 1.29 is 14.6 Å². The first-order valence-electron chi connectivity index (χ1n) is 4.17. The molecule has 0 bridgehead atoms. The minimum atomic E-state index is 0.0159. The van der Waals surface area contributed by atoms with Gasteiger partial charge in [0, 0.05) is 0 Å². The zero-order valence-corrected chi connectivity index (χ0v) is 8.07. The summed E-state index contributed by atoms with van der Waals surface area (Å²) in [4.78, 5) is 0. The second kappa shape index (κ2) is 4.03. The van der Waals surface area contributed by atoms with Gasteiger partial charge in [0.05, 0.1) is 13.2 Å². The lowest BCUT2D eigenvalue weighted by Crippen LogP contribution is -2.06. The minimum absolute atomic E-state index is 0.0159. The molecule has 0 spiro atoms. The number of benzene rings is 1. The van der Waals surface area contributed by atoms with Gasteiger partial charge in [0.25, 0.3) is 0 Å². The number of hydrogen-bond acceptors (Lipinski definition) is 3. The van der Waals surface area contributed by atoms with Crippen molar-refractivity contribution in [3.05, 3.63) is 18.2 Å². The highest BCUT2D eigenvalue weighted by atomic mass is 16.5. The van der Waals surface area contributed by atoms with Crippen molar-refractivity contribution in [3.63, 3.8) is 0 Å². The SMILES string of the molecule is COc1cccc(O)c1OC(C)C. The predicted molar refractivity (Wildman–Crippen MR) is 50.4 cm³/mol. The van der Waals surface area contributed by atoms with E-state index in [1.807, 2.05) is 13.8 Å². The summed E-state index contributed by atoms with van der Waals surface area (Å²) in [5.41, 5.74) is 0. The Morgan fingerprint density at radius 3 is 2.54 bits per heavy atom.